The highest BCUT2D eigenvalue weighted by Gasteiger charge is 2.14. The number of thioether (sulfide) groups is 1. The first-order valence-electron chi connectivity index (χ1n) is 7.23. The Kier molecular flexibility index (Phi) is 4.35. The molecule has 2 heterocycles. The van der Waals surface area contributed by atoms with Crippen molar-refractivity contribution in [3.05, 3.63) is 39.8 Å². The normalized spacial score (nSPS) is 12.9. The predicted molar refractivity (Wildman–Crippen MR) is 91.8 cm³/mol. The predicted octanol–water partition coefficient (Wildman–Crippen LogP) is 3.13. The van der Waals surface area contributed by atoms with E-state index in [1.807, 2.05) is 35.9 Å². The van der Waals surface area contributed by atoms with Crippen LogP contribution in [0, 0.1) is 0 Å². The minimum atomic E-state index is 0.0420. The maximum Gasteiger partial charge on any atom is 0.308 e. The van der Waals surface area contributed by atoms with Gasteiger partial charge in [0.25, 0.3) is 0 Å². The average Bonchev–Trinajstić information content (AvgIpc) is 3.02. The molecule has 0 saturated carbocycles. The molecule has 0 spiro atoms. The van der Waals surface area contributed by atoms with Crippen LogP contribution < -0.4 is 4.87 Å². The van der Waals surface area contributed by atoms with Gasteiger partial charge in [-0.05, 0) is 18.6 Å². The van der Waals surface area contributed by atoms with Gasteiger partial charge in [-0.2, -0.15) is 0 Å². The molecular weight excluding hydrogens is 316 g/mol. The summed E-state index contributed by atoms with van der Waals surface area (Å²) < 4.78 is 4.75. The summed E-state index contributed by atoms with van der Waals surface area (Å²) >= 11 is 2.99. The molecule has 0 radical (unpaired) electrons. The minimum Gasteiger partial charge on any atom is -0.308 e. The number of hydrogen-bond acceptors (Lipinski definition) is 5. The van der Waals surface area contributed by atoms with Crippen molar-refractivity contribution >= 4 is 33.3 Å². The molecule has 116 valence electrons. The molecule has 22 heavy (non-hydrogen) atoms. The van der Waals surface area contributed by atoms with E-state index in [4.69, 9.17) is 0 Å². The van der Waals surface area contributed by atoms with E-state index < -0.39 is 0 Å². The summed E-state index contributed by atoms with van der Waals surface area (Å²) in [5.41, 5.74) is 0.955. The first-order valence-corrected chi connectivity index (χ1v) is 8.93. The van der Waals surface area contributed by atoms with Crippen LogP contribution in [0.2, 0.25) is 0 Å². The molecule has 2 aromatic heterocycles. The molecule has 5 nitrogen and oxygen atoms in total. The van der Waals surface area contributed by atoms with Gasteiger partial charge in [0.05, 0.1) is 16.8 Å². The van der Waals surface area contributed by atoms with Gasteiger partial charge in [-0.15, -0.1) is 10.2 Å². The first kappa shape index (κ1) is 15.3. The molecule has 3 rings (SSSR count). The fraction of sp³-hybridized carbons (Fsp3) is 0.400. The maximum absolute atomic E-state index is 12.2. The number of aromatic nitrogens is 4. The molecule has 0 bridgehead atoms. The summed E-state index contributed by atoms with van der Waals surface area (Å²) in [5, 5.41) is 9.92. The molecule has 0 saturated heterocycles. The van der Waals surface area contributed by atoms with E-state index in [1.165, 1.54) is 11.3 Å². The molecule has 0 N–H and O–H groups in total. The van der Waals surface area contributed by atoms with Gasteiger partial charge in [0, 0.05) is 12.3 Å². The highest BCUT2D eigenvalue weighted by Crippen LogP contribution is 2.24. The van der Waals surface area contributed by atoms with Crippen molar-refractivity contribution in [1.82, 2.24) is 19.3 Å². The Labute approximate surface area is 137 Å². The van der Waals surface area contributed by atoms with Crippen LogP contribution in [0.5, 0.6) is 0 Å². The van der Waals surface area contributed by atoms with Crippen LogP contribution in [0.4, 0.5) is 0 Å². The molecule has 0 aliphatic rings. The van der Waals surface area contributed by atoms with E-state index >= 15 is 0 Å². The summed E-state index contributed by atoms with van der Waals surface area (Å²) in [6.07, 6.45) is 1.08. The second kappa shape index (κ2) is 6.26. The standard InChI is InChI=1S/C15H18N4OS2/c1-4-10(2)21-14-17-16-13(18(14)3)9-19-11-7-5-6-8-12(11)22-15(19)20/h5-8,10H,4,9H2,1-3H3/t10-/m1/s1. The average molecular weight is 334 g/mol. The van der Waals surface area contributed by atoms with Crippen molar-refractivity contribution in [2.45, 2.75) is 37.2 Å². The van der Waals surface area contributed by atoms with E-state index in [0.29, 0.717) is 11.8 Å². The molecule has 0 unspecified atom stereocenters. The lowest BCUT2D eigenvalue weighted by molar-refractivity contribution is 0.680. The molecule has 3 aromatic rings. The SMILES string of the molecule is CC[C@@H](C)Sc1nnc(Cn2c(=O)sc3ccccc32)n1C. The molecule has 0 aliphatic heterocycles. The monoisotopic (exact) mass is 334 g/mol. The fourth-order valence-electron chi connectivity index (χ4n) is 2.15. The van der Waals surface area contributed by atoms with Gasteiger partial charge < -0.3 is 4.57 Å². The van der Waals surface area contributed by atoms with E-state index in [2.05, 4.69) is 24.0 Å². The third-order valence-electron chi connectivity index (χ3n) is 3.68. The molecular formula is C15H18N4OS2. The van der Waals surface area contributed by atoms with E-state index in [0.717, 1.165) is 27.6 Å². The third-order valence-corrected chi connectivity index (χ3v) is 5.94. The highest BCUT2D eigenvalue weighted by atomic mass is 32.2. The van der Waals surface area contributed by atoms with Gasteiger partial charge in [-0.3, -0.25) is 9.36 Å². The Morgan fingerprint density at radius 1 is 1.32 bits per heavy atom. The number of nitrogens with zero attached hydrogens (tertiary/aromatic N) is 4. The van der Waals surface area contributed by atoms with Crippen molar-refractivity contribution in [1.29, 1.82) is 0 Å². The van der Waals surface area contributed by atoms with Gasteiger partial charge in [0.2, 0.25) is 0 Å². The van der Waals surface area contributed by atoms with Gasteiger partial charge >= 0.3 is 4.87 Å². The second-order valence-electron chi connectivity index (χ2n) is 5.22. The molecule has 0 aliphatic carbocycles. The zero-order valence-electron chi connectivity index (χ0n) is 12.8. The topological polar surface area (TPSA) is 52.7 Å². The summed E-state index contributed by atoms with van der Waals surface area (Å²) in [5.74, 6) is 0.802. The highest BCUT2D eigenvalue weighted by molar-refractivity contribution is 7.99. The van der Waals surface area contributed by atoms with E-state index in [1.54, 1.807) is 16.3 Å². The number of rotatable bonds is 5. The minimum absolute atomic E-state index is 0.0420. The molecule has 7 heteroatoms. The second-order valence-corrected chi connectivity index (χ2v) is 7.62. The van der Waals surface area contributed by atoms with Crippen LogP contribution in [0.15, 0.2) is 34.2 Å². The quantitative estimate of drug-likeness (QED) is 0.673. The largest absolute Gasteiger partial charge is 0.308 e. The lowest BCUT2D eigenvalue weighted by atomic mass is 10.3. The lowest BCUT2D eigenvalue weighted by Gasteiger charge is -2.08. The summed E-state index contributed by atoms with van der Waals surface area (Å²) in [6.45, 7) is 4.79. The molecule has 1 aromatic carbocycles. The van der Waals surface area contributed by atoms with E-state index in [9.17, 15) is 4.79 Å². The van der Waals surface area contributed by atoms with Crippen LogP contribution in [0.3, 0.4) is 0 Å². The maximum atomic E-state index is 12.2. The van der Waals surface area contributed by atoms with Gasteiger partial charge in [-0.1, -0.05) is 49.1 Å². The molecule has 0 fully saturated rings. The van der Waals surface area contributed by atoms with Gasteiger partial charge in [0.15, 0.2) is 11.0 Å². The smallest absolute Gasteiger partial charge is 0.308 e. The Balaban J connectivity index is 1.93. The fourth-order valence-corrected chi connectivity index (χ4v) is 3.92. The summed E-state index contributed by atoms with van der Waals surface area (Å²) in [7, 11) is 1.96. The number of benzene rings is 1. The van der Waals surface area contributed by atoms with Crippen LogP contribution in [-0.2, 0) is 13.6 Å². The first-order chi connectivity index (χ1) is 10.6. The molecule has 1 atom stereocenters. The molecule has 0 amide bonds. The van der Waals surface area contributed by atoms with Crippen molar-refractivity contribution in [2.75, 3.05) is 0 Å². The summed E-state index contributed by atoms with van der Waals surface area (Å²) in [6, 6.07) is 7.84. The Bertz CT molecular complexity index is 849. The van der Waals surface area contributed by atoms with Gasteiger partial charge in [0.1, 0.15) is 0 Å². The van der Waals surface area contributed by atoms with Crippen molar-refractivity contribution in [3.63, 3.8) is 0 Å². The zero-order valence-corrected chi connectivity index (χ0v) is 14.4. The Hall–Kier alpha value is -1.60. The number of fused-ring (bicyclic) bond motifs is 1. The Morgan fingerprint density at radius 2 is 2.09 bits per heavy atom. The van der Waals surface area contributed by atoms with E-state index in [-0.39, 0.29) is 4.87 Å². The Morgan fingerprint density at radius 3 is 2.86 bits per heavy atom. The van der Waals surface area contributed by atoms with Crippen molar-refractivity contribution in [3.8, 4) is 0 Å². The zero-order chi connectivity index (χ0) is 15.7. The van der Waals surface area contributed by atoms with Crippen molar-refractivity contribution in [2.24, 2.45) is 7.05 Å². The van der Waals surface area contributed by atoms with Crippen LogP contribution in [0.25, 0.3) is 10.2 Å². The number of hydrogen-bond donors (Lipinski definition) is 0. The lowest BCUT2D eigenvalue weighted by Crippen LogP contribution is -2.16. The number of para-hydroxylation sites is 1. The number of thiazole rings is 1. The van der Waals surface area contributed by atoms with Crippen LogP contribution in [0.1, 0.15) is 26.1 Å². The van der Waals surface area contributed by atoms with Crippen molar-refractivity contribution < 1.29 is 0 Å². The van der Waals surface area contributed by atoms with Gasteiger partial charge in [-0.25, -0.2) is 0 Å². The van der Waals surface area contributed by atoms with Crippen LogP contribution in [-0.4, -0.2) is 24.6 Å². The third kappa shape index (κ3) is 2.83. The summed E-state index contributed by atoms with van der Waals surface area (Å²) in [4.78, 5) is 12.2. The van der Waals surface area contributed by atoms with Crippen LogP contribution >= 0.6 is 23.1 Å².